The summed E-state index contributed by atoms with van der Waals surface area (Å²) < 4.78 is 10.5. The smallest absolute Gasteiger partial charge is 0.317 e. The Morgan fingerprint density at radius 2 is 2.08 bits per heavy atom. The van der Waals surface area contributed by atoms with Gasteiger partial charge in [0, 0.05) is 17.0 Å². The molecule has 3 aromatic rings. The minimum absolute atomic E-state index is 0.0180. The molecule has 0 saturated heterocycles. The van der Waals surface area contributed by atoms with Crippen molar-refractivity contribution in [3.05, 3.63) is 64.1 Å². The minimum Gasteiger partial charge on any atom is -0.493 e. The number of rotatable bonds is 5. The van der Waals surface area contributed by atoms with E-state index in [1.807, 2.05) is 24.3 Å². The molecule has 1 heterocycles. The largest absolute Gasteiger partial charge is 0.493 e. The molecule has 3 rings (SSSR count). The quantitative estimate of drug-likeness (QED) is 0.478. The van der Waals surface area contributed by atoms with Gasteiger partial charge >= 0.3 is 5.97 Å². The van der Waals surface area contributed by atoms with Crippen molar-refractivity contribution < 1.29 is 14.3 Å². The number of nitrogens with zero attached hydrogens (tertiary/aromatic N) is 2. The number of thiazole rings is 1. The van der Waals surface area contributed by atoms with Gasteiger partial charge in [-0.05, 0) is 18.2 Å². The summed E-state index contributed by atoms with van der Waals surface area (Å²) in [6.07, 6.45) is 0.0180. The summed E-state index contributed by atoms with van der Waals surface area (Å²) in [5, 5.41) is 12.1. The molecule has 5 nitrogen and oxygen atoms in total. The molecule has 0 aliphatic carbocycles. The first kappa shape index (κ1) is 17.9. The van der Waals surface area contributed by atoms with Gasteiger partial charge in [0.1, 0.15) is 5.01 Å². The van der Waals surface area contributed by atoms with Crippen LogP contribution in [-0.4, -0.2) is 18.1 Å². The molecule has 0 aliphatic heterocycles. The second-order valence-corrected chi connectivity index (χ2v) is 6.52. The first-order valence-corrected chi connectivity index (χ1v) is 8.84. The van der Waals surface area contributed by atoms with Gasteiger partial charge in [-0.25, -0.2) is 4.98 Å². The summed E-state index contributed by atoms with van der Waals surface area (Å²) in [5.41, 5.74) is 1.85. The van der Waals surface area contributed by atoms with E-state index in [9.17, 15) is 4.79 Å². The van der Waals surface area contributed by atoms with Crippen LogP contribution in [0, 0.1) is 11.3 Å². The highest BCUT2D eigenvalue weighted by molar-refractivity contribution is 7.13. The lowest BCUT2D eigenvalue weighted by atomic mass is 10.2. The summed E-state index contributed by atoms with van der Waals surface area (Å²) in [4.78, 5) is 16.7. The van der Waals surface area contributed by atoms with Crippen LogP contribution in [0.5, 0.6) is 11.5 Å². The highest BCUT2D eigenvalue weighted by Gasteiger charge is 2.15. The van der Waals surface area contributed by atoms with Gasteiger partial charge in [-0.2, -0.15) is 5.26 Å². The molecule has 0 unspecified atom stereocenters. The van der Waals surface area contributed by atoms with E-state index >= 15 is 0 Å². The zero-order chi connectivity index (χ0) is 18.5. The molecule has 130 valence electrons. The SMILES string of the molecule is COc1cc(C#N)ccc1OC(=O)Cc1csc(-c2ccccc2Cl)n1. The molecule has 0 amide bonds. The number of methoxy groups -OCH3 is 1. The van der Waals surface area contributed by atoms with Gasteiger partial charge in [0.05, 0.1) is 35.9 Å². The maximum atomic E-state index is 12.2. The zero-order valence-corrected chi connectivity index (χ0v) is 15.3. The molecule has 0 fully saturated rings. The topological polar surface area (TPSA) is 72.2 Å². The lowest BCUT2D eigenvalue weighted by molar-refractivity contribution is -0.133. The standard InChI is InChI=1S/C19H13ClN2O3S/c1-24-17-8-12(10-21)6-7-16(17)25-18(23)9-13-11-26-19(22-13)14-4-2-3-5-15(14)20/h2-8,11H,9H2,1H3. The Morgan fingerprint density at radius 1 is 1.27 bits per heavy atom. The van der Waals surface area contributed by atoms with Gasteiger partial charge in [0.2, 0.25) is 0 Å². The number of nitriles is 1. The maximum absolute atomic E-state index is 12.2. The van der Waals surface area contributed by atoms with Crippen LogP contribution in [0.1, 0.15) is 11.3 Å². The highest BCUT2D eigenvalue weighted by Crippen LogP contribution is 2.31. The number of aromatic nitrogens is 1. The van der Waals surface area contributed by atoms with Crippen molar-refractivity contribution in [3.8, 4) is 28.1 Å². The van der Waals surface area contributed by atoms with Gasteiger partial charge in [-0.1, -0.05) is 29.8 Å². The fourth-order valence-corrected chi connectivity index (χ4v) is 3.41. The molecule has 0 atom stereocenters. The van der Waals surface area contributed by atoms with Crippen LogP contribution in [0.4, 0.5) is 0 Å². The predicted molar refractivity (Wildman–Crippen MR) is 99.6 cm³/mol. The minimum atomic E-state index is -0.469. The van der Waals surface area contributed by atoms with E-state index < -0.39 is 5.97 Å². The van der Waals surface area contributed by atoms with Crippen LogP contribution in [0.2, 0.25) is 5.02 Å². The number of carbonyl (C=O) groups excluding carboxylic acids is 1. The van der Waals surface area contributed by atoms with E-state index in [2.05, 4.69) is 4.98 Å². The third kappa shape index (κ3) is 4.02. The number of esters is 1. The first-order valence-electron chi connectivity index (χ1n) is 7.59. The van der Waals surface area contributed by atoms with Crippen LogP contribution in [0.15, 0.2) is 47.8 Å². The second kappa shape index (κ2) is 8.00. The van der Waals surface area contributed by atoms with E-state index in [0.29, 0.717) is 22.0 Å². The molecular weight excluding hydrogens is 372 g/mol. The van der Waals surface area contributed by atoms with Crippen molar-refractivity contribution in [2.75, 3.05) is 7.11 Å². The summed E-state index contributed by atoms with van der Waals surface area (Å²) in [6, 6.07) is 14.0. The third-order valence-corrected chi connectivity index (χ3v) is 4.75. The Morgan fingerprint density at radius 3 is 2.81 bits per heavy atom. The average Bonchev–Trinajstić information content (AvgIpc) is 3.10. The zero-order valence-electron chi connectivity index (χ0n) is 13.7. The Bertz CT molecular complexity index is 994. The predicted octanol–water partition coefficient (Wildman–Crippen LogP) is 4.49. The number of hydrogen-bond donors (Lipinski definition) is 0. The molecule has 7 heteroatoms. The van der Waals surface area contributed by atoms with E-state index in [0.717, 1.165) is 10.6 Å². The highest BCUT2D eigenvalue weighted by atomic mass is 35.5. The van der Waals surface area contributed by atoms with Gasteiger partial charge in [-0.15, -0.1) is 11.3 Å². The fourth-order valence-electron chi connectivity index (χ4n) is 2.27. The molecule has 0 saturated carbocycles. The second-order valence-electron chi connectivity index (χ2n) is 5.25. The van der Waals surface area contributed by atoms with Gasteiger partial charge in [0.15, 0.2) is 11.5 Å². The molecule has 0 bridgehead atoms. The van der Waals surface area contributed by atoms with E-state index in [-0.39, 0.29) is 12.2 Å². The van der Waals surface area contributed by atoms with Crippen LogP contribution in [0.25, 0.3) is 10.6 Å². The Labute approximate surface area is 159 Å². The summed E-state index contributed by atoms with van der Waals surface area (Å²) >= 11 is 7.59. The van der Waals surface area contributed by atoms with Crippen LogP contribution in [0.3, 0.4) is 0 Å². The first-order chi connectivity index (χ1) is 12.6. The molecule has 2 aromatic carbocycles. The Balaban J connectivity index is 1.72. The molecule has 0 N–H and O–H groups in total. The lowest BCUT2D eigenvalue weighted by Gasteiger charge is -2.08. The van der Waals surface area contributed by atoms with Crippen molar-refractivity contribution in [3.63, 3.8) is 0 Å². The van der Waals surface area contributed by atoms with Gasteiger partial charge in [0.25, 0.3) is 0 Å². The van der Waals surface area contributed by atoms with Crippen molar-refractivity contribution in [2.24, 2.45) is 0 Å². The van der Waals surface area contributed by atoms with Crippen molar-refractivity contribution in [1.29, 1.82) is 5.26 Å². The van der Waals surface area contributed by atoms with E-state index in [1.165, 1.54) is 30.6 Å². The maximum Gasteiger partial charge on any atom is 0.317 e. The number of halogens is 1. The van der Waals surface area contributed by atoms with E-state index in [1.54, 1.807) is 17.5 Å². The fraction of sp³-hybridized carbons (Fsp3) is 0.105. The van der Waals surface area contributed by atoms with Crippen molar-refractivity contribution in [1.82, 2.24) is 4.98 Å². The molecule has 0 aliphatic rings. The lowest BCUT2D eigenvalue weighted by Crippen LogP contribution is -2.12. The molecule has 1 aromatic heterocycles. The number of benzene rings is 2. The monoisotopic (exact) mass is 384 g/mol. The molecular formula is C19H13ClN2O3S. The Hall–Kier alpha value is -2.88. The number of ether oxygens (including phenoxy) is 2. The molecule has 26 heavy (non-hydrogen) atoms. The number of hydrogen-bond acceptors (Lipinski definition) is 6. The average molecular weight is 385 g/mol. The van der Waals surface area contributed by atoms with Crippen LogP contribution in [-0.2, 0) is 11.2 Å². The summed E-state index contributed by atoms with van der Waals surface area (Å²) in [7, 11) is 1.45. The van der Waals surface area contributed by atoms with Crippen molar-refractivity contribution in [2.45, 2.75) is 6.42 Å². The van der Waals surface area contributed by atoms with Crippen LogP contribution >= 0.6 is 22.9 Å². The Kier molecular flexibility index (Phi) is 5.52. The van der Waals surface area contributed by atoms with Crippen molar-refractivity contribution >= 4 is 28.9 Å². The summed E-state index contributed by atoms with van der Waals surface area (Å²) in [6.45, 7) is 0. The molecule has 0 spiro atoms. The number of carbonyl (C=O) groups is 1. The van der Waals surface area contributed by atoms with E-state index in [4.69, 9.17) is 26.3 Å². The third-order valence-electron chi connectivity index (χ3n) is 3.50. The van der Waals surface area contributed by atoms with Crippen LogP contribution < -0.4 is 9.47 Å². The molecule has 0 radical (unpaired) electrons. The summed E-state index contributed by atoms with van der Waals surface area (Å²) in [5.74, 6) is 0.120. The normalized spacial score (nSPS) is 10.2. The van der Waals surface area contributed by atoms with Gasteiger partial charge in [-0.3, -0.25) is 4.79 Å². The van der Waals surface area contributed by atoms with Gasteiger partial charge < -0.3 is 9.47 Å².